The van der Waals surface area contributed by atoms with Gasteiger partial charge < -0.3 is 5.11 Å². The Hall–Kier alpha value is -0.530. The van der Waals surface area contributed by atoms with Gasteiger partial charge in [0.05, 0.1) is 11.5 Å². The first kappa shape index (κ1) is 11.5. The summed E-state index contributed by atoms with van der Waals surface area (Å²) in [6.45, 7) is 5.87. The van der Waals surface area contributed by atoms with Crippen LogP contribution in [0.2, 0.25) is 0 Å². The van der Waals surface area contributed by atoms with Crippen molar-refractivity contribution in [3.63, 3.8) is 0 Å². The fraction of sp³-hybridized carbons (Fsp3) is 0.500. The Morgan fingerprint density at radius 3 is 2.57 bits per heavy atom. The normalized spacial score (nSPS) is 15.2. The zero-order chi connectivity index (χ0) is 10.8. The first-order valence-corrected chi connectivity index (χ1v) is 5.32. The maximum Gasteiger partial charge on any atom is 0.0794 e. The van der Waals surface area contributed by atoms with Crippen molar-refractivity contribution in [3.8, 4) is 0 Å². The zero-order valence-electron chi connectivity index (χ0n) is 8.97. The van der Waals surface area contributed by atoms with Crippen molar-refractivity contribution in [2.45, 2.75) is 32.8 Å². The van der Waals surface area contributed by atoms with E-state index in [2.05, 4.69) is 32.0 Å². The van der Waals surface area contributed by atoms with Gasteiger partial charge in [0.1, 0.15) is 0 Å². The van der Waals surface area contributed by atoms with E-state index in [0.717, 1.165) is 0 Å². The summed E-state index contributed by atoms with van der Waals surface area (Å²) in [5.41, 5.74) is 2.80. The van der Waals surface area contributed by atoms with Crippen LogP contribution in [0, 0.1) is 13.8 Å². The summed E-state index contributed by atoms with van der Waals surface area (Å²) in [4.78, 5) is 0. The largest absolute Gasteiger partial charge is 0.389 e. The van der Waals surface area contributed by atoms with Crippen LogP contribution in [0.5, 0.6) is 0 Å². The SMILES string of the molecule is Cc1ccc(C)c(CC(C)(O)CCl)c1. The van der Waals surface area contributed by atoms with Gasteiger partial charge in [0.25, 0.3) is 0 Å². The molecular formula is C12H17ClO. The van der Waals surface area contributed by atoms with Gasteiger partial charge >= 0.3 is 0 Å². The molecule has 2 heteroatoms. The van der Waals surface area contributed by atoms with E-state index in [1.165, 1.54) is 16.7 Å². The number of rotatable bonds is 3. The van der Waals surface area contributed by atoms with E-state index in [0.29, 0.717) is 6.42 Å². The molecule has 1 N–H and O–H groups in total. The summed E-state index contributed by atoms with van der Waals surface area (Å²) >= 11 is 5.69. The van der Waals surface area contributed by atoms with Crippen molar-refractivity contribution in [1.29, 1.82) is 0 Å². The molecule has 0 bridgehead atoms. The molecule has 0 aliphatic carbocycles. The van der Waals surface area contributed by atoms with E-state index in [1.807, 2.05) is 0 Å². The molecule has 0 amide bonds. The van der Waals surface area contributed by atoms with Crippen molar-refractivity contribution < 1.29 is 5.11 Å². The topological polar surface area (TPSA) is 20.2 Å². The highest BCUT2D eigenvalue weighted by molar-refractivity contribution is 6.18. The van der Waals surface area contributed by atoms with Crippen LogP contribution in [0.25, 0.3) is 0 Å². The summed E-state index contributed by atoms with van der Waals surface area (Å²) in [5.74, 6) is 0.264. The minimum absolute atomic E-state index is 0.264. The van der Waals surface area contributed by atoms with E-state index < -0.39 is 5.60 Å². The third-order valence-electron chi connectivity index (χ3n) is 2.36. The van der Waals surface area contributed by atoms with Gasteiger partial charge in [0, 0.05) is 6.42 Å². The van der Waals surface area contributed by atoms with E-state index in [-0.39, 0.29) is 5.88 Å². The molecule has 0 aliphatic heterocycles. The van der Waals surface area contributed by atoms with Crippen molar-refractivity contribution in [3.05, 3.63) is 34.9 Å². The molecule has 1 rings (SSSR count). The van der Waals surface area contributed by atoms with Crippen molar-refractivity contribution in [1.82, 2.24) is 0 Å². The molecule has 0 radical (unpaired) electrons. The van der Waals surface area contributed by atoms with Crippen LogP contribution in [0.4, 0.5) is 0 Å². The Morgan fingerprint density at radius 1 is 1.36 bits per heavy atom. The molecule has 1 aromatic carbocycles. The summed E-state index contributed by atoms with van der Waals surface area (Å²) in [7, 11) is 0. The van der Waals surface area contributed by atoms with E-state index in [1.54, 1.807) is 6.92 Å². The highest BCUT2D eigenvalue weighted by atomic mass is 35.5. The third-order valence-corrected chi connectivity index (χ3v) is 2.94. The van der Waals surface area contributed by atoms with Crippen LogP contribution < -0.4 is 0 Å². The number of benzene rings is 1. The number of hydrogen-bond acceptors (Lipinski definition) is 1. The highest BCUT2D eigenvalue weighted by Crippen LogP contribution is 2.18. The lowest BCUT2D eigenvalue weighted by molar-refractivity contribution is 0.0845. The lowest BCUT2D eigenvalue weighted by Crippen LogP contribution is -2.29. The fourth-order valence-electron chi connectivity index (χ4n) is 1.45. The standard InChI is InChI=1S/C12H17ClO/c1-9-4-5-10(2)11(6-9)7-12(3,14)8-13/h4-6,14H,7-8H2,1-3H3. The van der Waals surface area contributed by atoms with Crippen LogP contribution in [-0.4, -0.2) is 16.6 Å². The minimum atomic E-state index is -0.805. The van der Waals surface area contributed by atoms with Gasteiger partial charge in [0.2, 0.25) is 0 Å². The average Bonchev–Trinajstić information content (AvgIpc) is 2.11. The van der Waals surface area contributed by atoms with Gasteiger partial charge in [0.15, 0.2) is 0 Å². The molecule has 1 atom stereocenters. The Balaban J connectivity index is 2.91. The van der Waals surface area contributed by atoms with Gasteiger partial charge in [-0.3, -0.25) is 0 Å². The lowest BCUT2D eigenvalue weighted by Gasteiger charge is -2.21. The molecule has 1 nitrogen and oxygen atoms in total. The predicted octanol–water partition coefficient (Wildman–Crippen LogP) is 2.84. The molecule has 0 heterocycles. The van der Waals surface area contributed by atoms with Crippen LogP contribution in [0.3, 0.4) is 0 Å². The van der Waals surface area contributed by atoms with Crippen LogP contribution in [0.1, 0.15) is 23.6 Å². The van der Waals surface area contributed by atoms with E-state index in [9.17, 15) is 5.11 Å². The molecule has 1 aromatic rings. The predicted molar refractivity (Wildman–Crippen MR) is 61.0 cm³/mol. The maximum atomic E-state index is 9.86. The molecule has 0 aliphatic rings. The quantitative estimate of drug-likeness (QED) is 0.764. The molecule has 78 valence electrons. The van der Waals surface area contributed by atoms with E-state index >= 15 is 0 Å². The average molecular weight is 213 g/mol. The van der Waals surface area contributed by atoms with Gasteiger partial charge in [-0.15, -0.1) is 11.6 Å². The Kier molecular flexibility index (Phi) is 3.57. The zero-order valence-corrected chi connectivity index (χ0v) is 9.73. The van der Waals surface area contributed by atoms with Crippen molar-refractivity contribution in [2.24, 2.45) is 0 Å². The molecule has 0 aromatic heterocycles. The smallest absolute Gasteiger partial charge is 0.0794 e. The van der Waals surface area contributed by atoms with Gasteiger partial charge in [-0.25, -0.2) is 0 Å². The van der Waals surface area contributed by atoms with Gasteiger partial charge in [-0.2, -0.15) is 0 Å². The Bertz CT molecular complexity index is 318. The maximum absolute atomic E-state index is 9.86. The molecule has 0 saturated heterocycles. The number of aryl methyl sites for hydroxylation is 2. The van der Waals surface area contributed by atoms with Crippen LogP contribution in [0.15, 0.2) is 18.2 Å². The molecule has 14 heavy (non-hydrogen) atoms. The number of aliphatic hydroxyl groups is 1. The Labute approximate surface area is 90.7 Å². The number of alkyl halides is 1. The first-order valence-electron chi connectivity index (χ1n) is 4.79. The van der Waals surface area contributed by atoms with Crippen molar-refractivity contribution in [2.75, 3.05) is 5.88 Å². The van der Waals surface area contributed by atoms with Crippen molar-refractivity contribution >= 4 is 11.6 Å². The molecule has 0 spiro atoms. The summed E-state index contributed by atoms with van der Waals surface area (Å²) < 4.78 is 0. The fourth-order valence-corrected chi connectivity index (χ4v) is 1.54. The van der Waals surface area contributed by atoms with Gasteiger partial charge in [-0.05, 0) is 31.9 Å². The van der Waals surface area contributed by atoms with Crippen LogP contribution in [-0.2, 0) is 6.42 Å². The monoisotopic (exact) mass is 212 g/mol. The molecular weight excluding hydrogens is 196 g/mol. The second-order valence-corrected chi connectivity index (χ2v) is 4.50. The second kappa shape index (κ2) is 4.33. The highest BCUT2D eigenvalue weighted by Gasteiger charge is 2.20. The van der Waals surface area contributed by atoms with Crippen LogP contribution >= 0.6 is 11.6 Å². The Morgan fingerprint density at radius 2 is 2.00 bits per heavy atom. The second-order valence-electron chi connectivity index (χ2n) is 4.24. The summed E-state index contributed by atoms with van der Waals surface area (Å²) in [5, 5.41) is 9.86. The lowest BCUT2D eigenvalue weighted by atomic mass is 9.94. The first-order chi connectivity index (χ1) is 6.44. The number of halogens is 1. The molecule has 1 unspecified atom stereocenters. The summed E-state index contributed by atoms with van der Waals surface area (Å²) in [6.07, 6.45) is 0.615. The van der Waals surface area contributed by atoms with Gasteiger partial charge in [-0.1, -0.05) is 23.8 Å². The summed E-state index contributed by atoms with van der Waals surface area (Å²) in [6, 6.07) is 6.26. The minimum Gasteiger partial charge on any atom is -0.389 e. The number of hydrogen-bond donors (Lipinski definition) is 1. The molecule has 0 saturated carbocycles. The molecule has 0 fully saturated rings. The van der Waals surface area contributed by atoms with E-state index in [4.69, 9.17) is 11.6 Å². The third kappa shape index (κ3) is 3.00.